The minimum atomic E-state index is -4.19. The predicted octanol–water partition coefficient (Wildman–Crippen LogP) is 3.73. The molecule has 0 aliphatic heterocycles. The van der Waals surface area contributed by atoms with Crippen LogP contribution in [0.4, 0.5) is 5.69 Å². The molecule has 0 saturated carbocycles. The molecule has 2 aromatic rings. The molecule has 0 bridgehead atoms. The zero-order chi connectivity index (χ0) is 16.4. The summed E-state index contributed by atoms with van der Waals surface area (Å²) in [6.45, 7) is 0. The van der Waals surface area contributed by atoms with Crippen molar-refractivity contribution in [2.24, 2.45) is 10.2 Å². The first kappa shape index (κ1) is 15.4. The van der Waals surface area contributed by atoms with Crippen LogP contribution >= 0.6 is 0 Å². The number of rotatable bonds is 3. The number of hydrogen-bond acceptors (Lipinski definition) is 5. The van der Waals surface area contributed by atoms with Gasteiger partial charge >= 0.3 is 0 Å². The van der Waals surface area contributed by atoms with Crippen molar-refractivity contribution in [2.45, 2.75) is 12.5 Å². The van der Waals surface area contributed by atoms with Crippen molar-refractivity contribution in [1.82, 2.24) is 0 Å². The van der Waals surface area contributed by atoms with Gasteiger partial charge in [-0.05, 0) is 23.9 Å². The van der Waals surface area contributed by atoms with E-state index in [2.05, 4.69) is 10.2 Å². The van der Waals surface area contributed by atoms with Crippen LogP contribution in [0.15, 0.2) is 69.8 Å². The maximum Gasteiger partial charge on any atom is 0.294 e. The molecule has 0 fully saturated rings. The molecule has 3 rings (SSSR count). The third-order valence-corrected chi connectivity index (χ3v) is 4.42. The van der Waals surface area contributed by atoms with Gasteiger partial charge in [0.05, 0.1) is 10.9 Å². The van der Waals surface area contributed by atoms with Crippen LogP contribution < -0.4 is 0 Å². The van der Waals surface area contributed by atoms with Crippen LogP contribution in [-0.4, -0.2) is 24.1 Å². The Morgan fingerprint density at radius 1 is 1.13 bits per heavy atom. The molecule has 1 aliphatic rings. The first-order valence-corrected chi connectivity index (χ1v) is 8.36. The molecule has 1 atom stereocenters. The third-order valence-electron chi connectivity index (χ3n) is 3.53. The SMILES string of the molecule is O=S(=O)(O)C1=CCC(N=Nc2c(O)ccc3ccccc23)C=C1. The molecule has 118 valence electrons. The number of phenols is 1. The van der Waals surface area contributed by atoms with Gasteiger partial charge in [-0.25, -0.2) is 0 Å². The maximum absolute atomic E-state index is 11.0. The van der Waals surface area contributed by atoms with Gasteiger partial charge < -0.3 is 5.11 Å². The number of phenolic OH excluding ortho intramolecular Hbond substituents is 1. The van der Waals surface area contributed by atoms with Crippen LogP contribution in [-0.2, 0) is 10.1 Å². The molecule has 2 aromatic carbocycles. The zero-order valence-corrected chi connectivity index (χ0v) is 12.8. The summed E-state index contributed by atoms with van der Waals surface area (Å²) in [4.78, 5) is -0.142. The summed E-state index contributed by atoms with van der Waals surface area (Å²) in [6, 6.07) is 10.5. The first-order chi connectivity index (χ1) is 10.9. The standard InChI is InChI=1S/C16H14N2O4S/c19-15-10-5-11-3-1-2-4-14(11)16(15)18-17-12-6-8-13(9-7-12)23(20,21)22/h1-6,8-10,12,19H,7H2,(H,20,21,22). The molecule has 1 aliphatic carbocycles. The highest BCUT2D eigenvalue weighted by atomic mass is 32.2. The number of hydrogen-bond donors (Lipinski definition) is 2. The highest BCUT2D eigenvalue weighted by molar-refractivity contribution is 7.90. The number of nitrogens with zero attached hydrogens (tertiary/aromatic N) is 2. The molecule has 0 amide bonds. The number of allylic oxidation sites excluding steroid dienone is 1. The Bertz CT molecular complexity index is 946. The lowest BCUT2D eigenvalue weighted by Gasteiger charge is -2.10. The van der Waals surface area contributed by atoms with Crippen molar-refractivity contribution in [2.75, 3.05) is 0 Å². The van der Waals surface area contributed by atoms with Gasteiger partial charge in [0.1, 0.15) is 11.4 Å². The Balaban J connectivity index is 1.87. The lowest BCUT2D eigenvalue weighted by Crippen LogP contribution is -2.07. The smallest absolute Gasteiger partial charge is 0.294 e. The topological polar surface area (TPSA) is 99.3 Å². The van der Waals surface area contributed by atoms with E-state index in [9.17, 15) is 13.5 Å². The van der Waals surface area contributed by atoms with Gasteiger partial charge in [-0.2, -0.15) is 18.6 Å². The summed E-state index contributed by atoms with van der Waals surface area (Å²) in [6.07, 6.45) is 4.54. The number of aromatic hydroxyl groups is 1. The van der Waals surface area contributed by atoms with Gasteiger partial charge in [-0.15, -0.1) is 0 Å². The largest absolute Gasteiger partial charge is 0.506 e. The van der Waals surface area contributed by atoms with Crippen LogP contribution in [0.5, 0.6) is 5.75 Å². The molecule has 23 heavy (non-hydrogen) atoms. The lowest BCUT2D eigenvalue weighted by atomic mass is 10.1. The highest BCUT2D eigenvalue weighted by Gasteiger charge is 2.16. The second kappa shape index (κ2) is 5.94. The molecule has 2 N–H and O–H groups in total. The van der Waals surface area contributed by atoms with Crippen molar-refractivity contribution in [3.63, 3.8) is 0 Å². The fraction of sp³-hybridized carbons (Fsp3) is 0.125. The van der Waals surface area contributed by atoms with Crippen LogP contribution in [0.3, 0.4) is 0 Å². The zero-order valence-electron chi connectivity index (χ0n) is 12.0. The third kappa shape index (κ3) is 3.30. The maximum atomic E-state index is 11.0. The second-order valence-electron chi connectivity index (χ2n) is 5.11. The Hall–Kier alpha value is -2.51. The predicted molar refractivity (Wildman–Crippen MR) is 87.3 cm³/mol. The van der Waals surface area contributed by atoms with Gasteiger partial charge in [-0.1, -0.05) is 42.5 Å². The van der Waals surface area contributed by atoms with E-state index in [1.54, 1.807) is 18.2 Å². The number of azo groups is 1. The summed E-state index contributed by atoms with van der Waals surface area (Å²) in [5, 5.41) is 20.0. The van der Waals surface area contributed by atoms with E-state index < -0.39 is 10.1 Å². The van der Waals surface area contributed by atoms with Gasteiger partial charge in [0.25, 0.3) is 10.1 Å². The van der Waals surface area contributed by atoms with Crippen molar-refractivity contribution in [1.29, 1.82) is 0 Å². The van der Waals surface area contributed by atoms with Crippen molar-refractivity contribution >= 4 is 26.6 Å². The fourth-order valence-electron chi connectivity index (χ4n) is 2.35. The second-order valence-corrected chi connectivity index (χ2v) is 6.54. The molecule has 7 heteroatoms. The van der Waals surface area contributed by atoms with Crippen LogP contribution in [0.1, 0.15) is 6.42 Å². The van der Waals surface area contributed by atoms with Gasteiger partial charge in [0.15, 0.2) is 0 Å². The van der Waals surface area contributed by atoms with Gasteiger partial charge in [0, 0.05) is 5.39 Å². The summed E-state index contributed by atoms with van der Waals surface area (Å²) in [5.41, 5.74) is 0.376. The fourth-order valence-corrected chi connectivity index (χ4v) is 2.90. The van der Waals surface area contributed by atoms with Gasteiger partial charge in [-0.3, -0.25) is 4.55 Å². The Labute approximate surface area is 133 Å². The average molecular weight is 330 g/mol. The van der Waals surface area contributed by atoms with Crippen molar-refractivity contribution < 1.29 is 18.1 Å². The monoisotopic (exact) mass is 330 g/mol. The molecule has 1 unspecified atom stereocenters. The summed E-state index contributed by atoms with van der Waals surface area (Å²) < 4.78 is 31.0. The number of fused-ring (bicyclic) bond motifs is 1. The minimum absolute atomic E-state index is 0.0291. The normalized spacial score (nSPS) is 18.5. The molecule has 0 spiro atoms. The van der Waals surface area contributed by atoms with Crippen molar-refractivity contribution in [3.05, 3.63) is 59.5 Å². The van der Waals surface area contributed by atoms with E-state index in [1.165, 1.54) is 12.2 Å². The average Bonchev–Trinajstić information content (AvgIpc) is 2.53. The minimum Gasteiger partial charge on any atom is -0.506 e. The van der Waals surface area contributed by atoms with Crippen LogP contribution in [0, 0.1) is 0 Å². The highest BCUT2D eigenvalue weighted by Crippen LogP contribution is 2.35. The first-order valence-electron chi connectivity index (χ1n) is 6.92. The van der Waals surface area contributed by atoms with E-state index in [0.717, 1.165) is 10.8 Å². The summed E-state index contributed by atoms with van der Waals surface area (Å²) in [7, 11) is -4.19. The summed E-state index contributed by atoms with van der Waals surface area (Å²) >= 11 is 0. The van der Waals surface area contributed by atoms with Crippen LogP contribution in [0.2, 0.25) is 0 Å². The summed E-state index contributed by atoms with van der Waals surface area (Å²) in [5.74, 6) is 0.0291. The van der Waals surface area contributed by atoms with Crippen molar-refractivity contribution in [3.8, 4) is 5.75 Å². The molecular formula is C16H14N2O4S. The van der Waals surface area contributed by atoms with E-state index >= 15 is 0 Å². The van der Waals surface area contributed by atoms with E-state index in [-0.39, 0.29) is 16.7 Å². The molecule has 0 aromatic heterocycles. The molecule has 6 nitrogen and oxygen atoms in total. The molecular weight excluding hydrogens is 316 g/mol. The Morgan fingerprint density at radius 2 is 1.91 bits per heavy atom. The number of benzene rings is 2. The van der Waals surface area contributed by atoms with E-state index in [1.807, 2.05) is 24.3 Å². The molecule has 0 heterocycles. The van der Waals surface area contributed by atoms with Crippen LogP contribution in [0.25, 0.3) is 10.8 Å². The van der Waals surface area contributed by atoms with Gasteiger partial charge in [0.2, 0.25) is 0 Å². The molecule has 0 radical (unpaired) electrons. The van der Waals surface area contributed by atoms with E-state index in [4.69, 9.17) is 4.55 Å². The lowest BCUT2D eigenvalue weighted by molar-refractivity contribution is 0.477. The Kier molecular flexibility index (Phi) is 3.97. The molecule has 0 saturated heterocycles. The Morgan fingerprint density at radius 3 is 2.61 bits per heavy atom. The van der Waals surface area contributed by atoms with E-state index in [0.29, 0.717) is 12.1 Å². The quantitative estimate of drug-likeness (QED) is 0.661.